The molecule has 0 saturated heterocycles. The van der Waals surface area contributed by atoms with Gasteiger partial charge in [-0.15, -0.1) is 0 Å². The van der Waals surface area contributed by atoms with Crippen molar-refractivity contribution in [1.82, 2.24) is 9.88 Å². The first-order chi connectivity index (χ1) is 15.3. The zero-order valence-electron chi connectivity index (χ0n) is 20.0. The molecular weight excluding hydrogens is 449 g/mol. The van der Waals surface area contributed by atoms with Gasteiger partial charge in [-0.25, -0.2) is 14.2 Å². The van der Waals surface area contributed by atoms with Gasteiger partial charge >= 0.3 is 6.09 Å². The monoisotopic (exact) mass is 481 g/mol. The molecule has 2 unspecified atom stereocenters. The molecule has 33 heavy (non-hydrogen) atoms. The minimum atomic E-state index is -1.46. The highest BCUT2D eigenvalue weighted by molar-refractivity contribution is 6.31. The van der Waals surface area contributed by atoms with Crippen molar-refractivity contribution in [3.8, 4) is 17.0 Å². The van der Waals surface area contributed by atoms with Crippen molar-refractivity contribution in [1.29, 1.82) is 0 Å². The fourth-order valence-electron chi connectivity index (χ4n) is 3.54. The van der Waals surface area contributed by atoms with E-state index in [0.717, 1.165) is 0 Å². The second-order valence-electron chi connectivity index (χ2n) is 9.28. The van der Waals surface area contributed by atoms with E-state index in [2.05, 4.69) is 4.98 Å². The molecule has 1 heterocycles. The van der Waals surface area contributed by atoms with Crippen molar-refractivity contribution >= 4 is 17.7 Å². The number of nitrogens with zero attached hydrogens (tertiary/aromatic N) is 2. The van der Waals surface area contributed by atoms with Crippen LogP contribution in [0, 0.1) is 11.7 Å². The first-order valence-electron chi connectivity index (χ1n) is 10.7. The van der Waals surface area contributed by atoms with Crippen molar-refractivity contribution in [3.05, 3.63) is 46.9 Å². The van der Waals surface area contributed by atoms with Crippen LogP contribution in [0.25, 0.3) is 11.3 Å². The molecule has 1 aromatic heterocycles. The number of carbonyl (C=O) groups excluding carboxylic acids is 1. The second kappa shape index (κ2) is 10.7. The van der Waals surface area contributed by atoms with Crippen LogP contribution < -0.4 is 10.5 Å². The Morgan fingerprint density at radius 1 is 1.30 bits per heavy atom. The molecule has 3 N–H and O–H groups in total. The number of pyridine rings is 1. The fourth-order valence-corrected chi connectivity index (χ4v) is 3.72. The smallest absolute Gasteiger partial charge is 0.410 e. The van der Waals surface area contributed by atoms with E-state index < -0.39 is 23.1 Å². The standard InChI is InChI=1S/C24H33ClFN3O4/c1-15(13-29(5)22(30)33-23(2,3)4)12-24(31,14-27)20-10-9-19(32-6)21(28-20)16-7-8-18(26)17(25)11-16/h7-11,15,31H,12-14,27H2,1-6H3. The highest BCUT2D eigenvalue weighted by Gasteiger charge is 2.33. The zero-order chi connectivity index (χ0) is 25.0. The lowest BCUT2D eigenvalue weighted by atomic mass is 9.87. The van der Waals surface area contributed by atoms with Crippen LogP contribution in [0.4, 0.5) is 9.18 Å². The largest absolute Gasteiger partial charge is 0.494 e. The molecule has 0 radical (unpaired) electrons. The van der Waals surface area contributed by atoms with Crippen LogP contribution in [0.2, 0.25) is 5.02 Å². The van der Waals surface area contributed by atoms with Gasteiger partial charge in [0, 0.05) is 25.7 Å². The van der Waals surface area contributed by atoms with E-state index in [0.29, 0.717) is 29.2 Å². The maximum atomic E-state index is 13.6. The molecule has 0 spiro atoms. The van der Waals surface area contributed by atoms with Gasteiger partial charge in [0.15, 0.2) is 0 Å². The van der Waals surface area contributed by atoms with Crippen molar-refractivity contribution in [2.45, 2.75) is 45.3 Å². The van der Waals surface area contributed by atoms with E-state index in [4.69, 9.17) is 26.8 Å². The summed E-state index contributed by atoms with van der Waals surface area (Å²) < 4.78 is 24.4. The van der Waals surface area contributed by atoms with Gasteiger partial charge in [0.2, 0.25) is 0 Å². The minimum Gasteiger partial charge on any atom is -0.494 e. The lowest BCUT2D eigenvalue weighted by molar-refractivity contribution is 0.00551. The minimum absolute atomic E-state index is 0.0466. The highest BCUT2D eigenvalue weighted by atomic mass is 35.5. The third kappa shape index (κ3) is 7.03. The Labute approximate surface area is 199 Å². The van der Waals surface area contributed by atoms with Gasteiger partial charge in [-0.1, -0.05) is 18.5 Å². The number of methoxy groups -OCH3 is 1. The van der Waals surface area contributed by atoms with E-state index in [9.17, 15) is 14.3 Å². The maximum Gasteiger partial charge on any atom is 0.410 e. The molecule has 1 aromatic carbocycles. The normalized spacial score (nSPS) is 14.4. The Kier molecular flexibility index (Phi) is 8.68. The predicted molar refractivity (Wildman–Crippen MR) is 127 cm³/mol. The number of carbonyl (C=O) groups is 1. The Morgan fingerprint density at radius 2 is 1.97 bits per heavy atom. The van der Waals surface area contributed by atoms with Crippen molar-refractivity contribution < 1.29 is 23.8 Å². The van der Waals surface area contributed by atoms with Crippen LogP contribution in [0.3, 0.4) is 0 Å². The van der Waals surface area contributed by atoms with E-state index >= 15 is 0 Å². The quantitative estimate of drug-likeness (QED) is 0.572. The third-order valence-corrected chi connectivity index (χ3v) is 5.35. The molecule has 9 heteroatoms. The second-order valence-corrected chi connectivity index (χ2v) is 9.69. The van der Waals surface area contributed by atoms with Crippen LogP contribution in [0.15, 0.2) is 30.3 Å². The molecule has 1 amide bonds. The number of aliphatic hydroxyl groups is 1. The summed E-state index contributed by atoms with van der Waals surface area (Å²) in [6.45, 7) is 7.58. The number of nitrogens with two attached hydrogens (primary N) is 1. The number of hydrogen-bond donors (Lipinski definition) is 2. The van der Waals surface area contributed by atoms with Crippen molar-refractivity contribution in [2.75, 3.05) is 27.2 Å². The zero-order valence-corrected chi connectivity index (χ0v) is 20.7. The van der Waals surface area contributed by atoms with Gasteiger partial charge in [0.1, 0.15) is 28.5 Å². The lowest BCUT2D eigenvalue weighted by Gasteiger charge is -2.32. The third-order valence-electron chi connectivity index (χ3n) is 5.06. The molecule has 2 rings (SSSR count). The Bertz CT molecular complexity index is 983. The van der Waals surface area contributed by atoms with E-state index in [1.165, 1.54) is 30.2 Å². The topological polar surface area (TPSA) is 97.9 Å². The summed E-state index contributed by atoms with van der Waals surface area (Å²) in [7, 11) is 3.14. The van der Waals surface area contributed by atoms with Gasteiger partial charge in [0.05, 0.1) is 17.8 Å². The molecule has 2 aromatic rings. The molecule has 7 nitrogen and oxygen atoms in total. The highest BCUT2D eigenvalue weighted by Crippen LogP contribution is 2.35. The summed E-state index contributed by atoms with van der Waals surface area (Å²) in [5.74, 6) is -0.223. The predicted octanol–water partition coefficient (Wildman–Crippen LogP) is 4.59. The average molecular weight is 482 g/mol. The Hall–Kier alpha value is -2.42. The summed E-state index contributed by atoms with van der Waals surface area (Å²) in [6, 6.07) is 7.55. The fraction of sp³-hybridized carbons (Fsp3) is 0.500. The van der Waals surface area contributed by atoms with Crippen molar-refractivity contribution in [2.24, 2.45) is 11.7 Å². The van der Waals surface area contributed by atoms with E-state index in [1.54, 1.807) is 40.0 Å². The van der Waals surface area contributed by atoms with Gasteiger partial charge in [-0.05, 0) is 63.4 Å². The molecule has 0 saturated carbocycles. The number of amides is 1. The van der Waals surface area contributed by atoms with Crippen LogP contribution >= 0.6 is 11.6 Å². The molecule has 0 aliphatic rings. The van der Waals surface area contributed by atoms with Gasteiger partial charge < -0.3 is 25.2 Å². The first-order valence-corrected chi connectivity index (χ1v) is 11.0. The number of hydrogen-bond acceptors (Lipinski definition) is 6. The van der Waals surface area contributed by atoms with Crippen LogP contribution in [0.5, 0.6) is 5.75 Å². The molecule has 2 atom stereocenters. The number of rotatable bonds is 8. The maximum absolute atomic E-state index is 13.6. The SMILES string of the molecule is COc1ccc(C(O)(CN)CC(C)CN(C)C(=O)OC(C)(C)C)nc1-c1ccc(F)c(Cl)c1. The summed E-state index contributed by atoms with van der Waals surface area (Å²) in [5, 5.41) is 11.3. The van der Waals surface area contributed by atoms with Crippen LogP contribution in [-0.4, -0.2) is 53.9 Å². The van der Waals surface area contributed by atoms with Crippen molar-refractivity contribution in [3.63, 3.8) is 0 Å². The lowest BCUT2D eigenvalue weighted by Crippen LogP contribution is -2.41. The molecule has 0 bridgehead atoms. The van der Waals surface area contributed by atoms with Gasteiger partial charge in [-0.3, -0.25) is 0 Å². The summed E-state index contributed by atoms with van der Waals surface area (Å²) in [6.07, 6.45) is -0.191. The van der Waals surface area contributed by atoms with Gasteiger partial charge in [-0.2, -0.15) is 0 Å². The Morgan fingerprint density at radius 3 is 2.52 bits per heavy atom. The Balaban J connectivity index is 2.29. The molecule has 182 valence electrons. The molecular formula is C24H33ClFN3O4. The van der Waals surface area contributed by atoms with Gasteiger partial charge in [0.25, 0.3) is 0 Å². The van der Waals surface area contributed by atoms with E-state index in [-0.39, 0.29) is 23.9 Å². The number of aromatic nitrogens is 1. The number of ether oxygens (including phenoxy) is 2. The van der Waals surface area contributed by atoms with Crippen LogP contribution in [-0.2, 0) is 10.3 Å². The average Bonchev–Trinajstić information content (AvgIpc) is 2.73. The van der Waals surface area contributed by atoms with Crippen LogP contribution in [0.1, 0.15) is 39.8 Å². The number of halogens is 2. The summed E-state index contributed by atoms with van der Waals surface area (Å²) in [5.41, 5.74) is 5.19. The molecule has 0 aliphatic carbocycles. The number of benzene rings is 1. The molecule has 0 fully saturated rings. The van der Waals surface area contributed by atoms with E-state index in [1.807, 2.05) is 6.92 Å². The summed E-state index contributed by atoms with van der Waals surface area (Å²) in [4.78, 5) is 18.4. The summed E-state index contributed by atoms with van der Waals surface area (Å²) >= 11 is 5.94. The molecule has 0 aliphatic heterocycles. The first kappa shape index (κ1) is 26.8.